The Morgan fingerprint density at radius 2 is 1.63 bits per heavy atom. The van der Waals surface area contributed by atoms with Crippen molar-refractivity contribution in [3.8, 4) is 17.2 Å². The fourth-order valence-electron chi connectivity index (χ4n) is 5.28. The summed E-state index contributed by atoms with van der Waals surface area (Å²) in [4.78, 5) is 24.7. The molecule has 0 aliphatic heterocycles. The van der Waals surface area contributed by atoms with Crippen LogP contribution in [0.15, 0.2) is 11.3 Å². The van der Waals surface area contributed by atoms with E-state index in [1.54, 1.807) is 20.8 Å². The van der Waals surface area contributed by atoms with Crippen molar-refractivity contribution in [3.05, 3.63) is 28.0 Å². The molecule has 3 rings (SSSR count). The first kappa shape index (κ1) is 22.0. The lowest BCUT2D eigenvalue weighted by atomic mass is 9.53. The third-order valence-electron chi connectivity index (χ3n) is 6.48. The molecule has 0 spiro atoms. The zero-order valence-corrected chi connectivity index (χ0v) is 18.0. The second-order valence-electron chi connectivity index (χ2n) is 9.47. The van der Waals surface area contributed by atoms with Gasteiger partial charge >= 0.3 is 5.97 Å². The van der Waals surface area contributed by atoms with Crippen LogP contribution in [0.25, 0.3) is 0 Å². The normalized spacial score (nSPS) is 25.6. The van der Waals surface area contributed by atoms with Gasteiger partial charge < -0.3 is 30.3 Å². The maximum Gasteiger partial charge on any atom is 0.302 e. The van der Waals surface area contributed by atoms with E-state index in [0.717, 1.165) is 0 Å². The van der Waals surface area contributed by atoms with Crippen LogP contribution in [0.5, 0.6) is 17.2 Å². The summed E-state index contributed by atoms with van der Waals surface area (Å²) < 4.78 is 5.42. The van der Waals surface area contributed by atoms with Crippen molar-refractivity contribution in [2.45, 2.75) is 71.5 Å². The molecule has 8 nitrogen and oxygen atoms in total. The number of phenols is 3. The van der Waals surface area contributed by atoms with Crippen molar-refractivity contribution in [1.29, 1.82) is 0 Å². The molecule has 0 amide bonds. The van der Waals surface area contributed by atoms with Crippen LogP contribution in [0, 0.1) is 5.41 Å². The van der Waals surface area contributed by atoms with Crippen molar-refractivity contribution in [2.24, 2.45) is 5.41 Å². The molecule has 1 aromatic rings. The number of ketones is 1. The van der Waals surface area contributed by atoms with Crippen LogP contribution in [-0.4, -0.2) is 43.4 Å². The van der Waals surface area contributed by atoms with Gasteiger partial charge in [-0.25, -0.2) is 0 Å². The number of fused-ring (bicyclic) bond motifs is 3. The lowest BCUT2D eigenvalue weighted by molar-refractivity contribution is -0.153. The van der Waals surface area contributed by atoms with E-state index in [-0.39, 0.29) is 23.1 Å². The zero-order valence-electron chi connectivity index (χ0n) is 18.0. The van der Waals surface area contributed by atoms with Gasteiger partial charge in [-0.3, -0.25) is 9.59 Å². The molecule has 1 fully saturated rings. The van der Waals surface area contributed by atoms with Gasteiger partial charge in [0.2, 0.25) is 5.78 Å². The van der Waals surface area contributed by atoms with Crippen LogP contribution in [0.2, 0.25) is 0 Å². The fraction of sp³-hybridized carbons (Fsp3) is 0.545. The van der Waals surface area contributed by atoms with Crippen molar-refractivity contribution in [1.82, 2.24) is 0 Å². The number of ether oxygens (including phenoxy) is 1. The monoisotopic (exact) mass is 420 g/mol. The van der Waals surface area contributed by atoms with Crippen LogP contribution in [0.4, 0.5) is 0 Å². The first-order valence-electron chi connectivity index (χ1n) is 9.77. The first-order chi connectivity index (χ1) is 13.6. The molecule has 1 aromatic carbocycles. The Balaban J connectivity index is 2.37. The molecule has 2 aliphatic rings. The summed E-state index contributed by atoms with van der Waals surface area (Å²) in [5.74, 6) is -4.09. The van der Waals surface area contributed by atoms with Crippen LogP contribution < -0.4 is 0 Å². The zero-order chi connectivity index (χ0) is 23.0. The van der Waals surface area contributed by atoms with E-state index in [2.05, 4.69) is 0 Å². The number of aliphatic hydroxyl groups is 2. The fourth-order valence-corrected chi connectivity index (χ4v) is 5.28. The maximum atomic E-state index is 13.1. The number of Topliss-reactive ketones (excluding diaryl/α,β-unsaturated/α-hetero) is 1. The summed E-state index contributed by atoms with van der Waals surface area (Å²) in [6, 6.07) is 0. The van der Waals surface area contributed by atoms with Crippen molar-refractivity contribution >= 4 is 11.8 Å². The standard InChI is InChI=1S/C22H28O8/c1-9(23)30-10-7-8-22(6)12-11(15(25)18(28)19(22)20(10,2)3)14(24)13(21(4,5)29)17(27)16(12)26/h10,24,26-29H,7-8H2,1-6H3/t10-,22-/m0/s1. The molecule has 0 heterocycles. The number of allylic oxidation sites excluding steroid dienone is 1. The molecule has 1 saturated carbocycles. The van der Waals surface area contributed by atoms with E-state index in [1.807, 2.05) is 0 Å². The van der Waals surface area contributed by atoms with Gasteiger partial charge in [-0.05, 0) is 32.3 Å². The smallest absolute Gasteiger partial charge is 0.302 e. The third-order valence-corrected chi connectivity index (χ3v) is 6.48. The minimum Gasteiger partial charge on any atom is -0.507 e. The number of benzene rings is 1. The molecular formula is C22H28O8. The summed E-state index contributed by atoms with van der Waals surface area (Å²) in [7, 11) is 0. The molecule has 0 unspecified atom stereocenters. The number of hydrogen-bond donors (Lipinski definition) is 5. The quantitative estimate of drug-likeness (QED) is 0.279. The Labute approximate surface area is 174 Å². The van der Waals surface area contributed by atoms with E-state index < -0.39 is 62.9 Å². The molecular weight excluding hydrogens is 392 g/mol. The molecule has 164 valence electrons. The van der Waals surface area contributed by atoms with Gasteiger partial charge in [-0.1, -0.05) is 20.8 Å². The number of carbonyl (C=O) groups is 2. The summed E-state index contributed by atoms with van der Waals surface area (Å²) in [6.45, 7) is 9.00. The van der Waals surface area contributed by atoms with Gasteiger partial charge in [0.05, 0.1) is 16.7 Å². The molecule has 30 heavy (non-hydrogen) atoms. The molecule has 8 heteroatoms. The number of aliphatic hydroxyl groups excluding tert-OH is 1. The number of hydrogen-bond acceptors (Lipinski definition) is 8. The van der Waals surface area contributed by atoms with Crippen LogP contribution in [-0.2, 0) is 20.5 Å². The van der Waals surface area contributed by atoms with E-state index in [9.17, 15) is 35.1 Å². The van der Waals surface area contributed by atoms with Gasteiger partial charge in [0, 0.05) is 23.3 Å². The molecule has 0 saturated heterocycles. The highest BCUT2D eigenvalue weighted by atomic mass is 16.5. The summed E-state index contributed by atoms with van der Waals surface area (Å²) in [5, 5.41) is 53.6. The highest BCUT2D eigenvalue weighted by molar-refractivity contribution is 6.13. The van der Waals surface area contributed by atoms with Gasteiger partial charge in [0.25, 0.3) is 0 Å². The average Bonchev–Trinajstić information content (AvgIpc) is 2.57. The Hall–Kier alpha value is -2.74. The lowest BCUT2D eigenvalue weighted by Gasteiger charge is -2.52. The maximum absolute atomic E-state index is 13.1. The van der Waals surface area contributed by atoms with Crippen molar-refractivity contribution in [2.75, 3.05) is 0 Å². The van der Waals surface area contributed by atoms with Crippen LogP contribution in [0.1, 0.15) is 75.9 Å². The number of carbonyl (C=O) groups excluding carboxylic acids is 2. The van der Waals surface area contributed by atoms with Gasteiger partial charge in [-0.2, -0.15) is 0 Å². The lowest BCUT2D eigenvalue weighted by Crippen LogP contribution is -2.50. The number of phenolic OH excluding ortho intramolecular Hbond substituents is 3. The van der Waals surface area contributed by atoms with E-state index in [1.165, 1.54) is 20.8 Å². The predicted octanol–water partition coefficient (Wildman–Crippen LogP) is 3.05. The highest BCUT2D eigenvalue weighted by Gasteiger charge is 2.57. The molecule has 0 bridgehead atoms. The Morgan fingerprint density at radius 1 is 1.07 bits per heavy atom. The molecule has 2 aliphatic carbocycles. The Bertz CT molecular complexity index is 996. The summed E-state index contributed by atoms with van der Waals surface area (Å²) in [6.07, 6.45) is 0.0129. The largest absolute Gasteiger partial charge is 0.507 e. The second kappa shape index (κ2) is 6.38. The van der Waals surface area contributed by atoms with Crippen LogP contribution in [0.3, 0.4) is 0 Å². The third kappa shape index (κ3) is 2.77. The molecule has 5 N–H and O–H groups in total. The van der Waals surface area contributed by atoms with Gasteiger partial charge in [0.1, 0.15) is 11.9 Å². The minimum absolute atomic E-state index is 0.0161. The Morgan fingerprint density at radius 3 is 2.13 bits per heavy atom. The van der Waals surface area contributed by atoms with Crippen LogP contribution >= 0.6 is 0 Å². The SMILES string of the molecule is CC(=O)O[C@H]1CC[C@]2(C)C(=C(O)C(=O)c3c(O)c(C(C)(C)O)c(O)c(O)c32)C1(C)C. The first-order valence-corrected chi connectivity index (χ1v) is 9.77. The number of aromatic hydroxyl groups is 3. The van der Waals surface area contributed by atoms with E-state index in [0.29, 0.717) is 6.42 Å². The number of rotatable bonds is 2. The second-order valence-corrected chi connectivity index (χ2v) is 9.47. The van der Waals surface area contributed by atoms with Crippen molar-refractivity contribution in [3.63, 3.8) is 0 Å². The highest BCUT2D eigenvalue weighted by Crippen LogP contribution is 2.62. The average molecular weight is 420 g/mol. The van der Waals surface area contributed by atoms with Crippen molar-refractivity contribution < 1.29 is 39.9 Å². The summed E-state index contributed by atoms with van der Waals surface area (Å²) >= 11 is 0. The van der Waals surface area contributed by atoms with E-state index >= 15 is 0 Å². The number of esters is 1. The molecule has 2 atom stereocenters. The topological polar surface area (TPSA) is 145 Å². The molecule has 0 radical (unpaired) electrons. The summed E-state index contributed by atoms with van der Waals surface area (Å²) in [5.41, 5.74) is -4.39. The predicted molar refractivity (Wildman–Crippen MR) is 107 cm³/mol. The molecule has 0 aromatic heterocycles. The van der Waals surface area contributed by atoms with Gasteiger partial charge in [0.15, 0.2) is 17.3 Å². The minimum atomic E-state index is -1.77. The van der Waals surface area contributed by atoms with E-state index in [4.69, 9.17) is 4.74 Å². The van der Waals surface area contributed by atoms with Gasteiger partial charge in [-0.15, -0.1) is 0 Å². The Kier molecular flexibility index (Phi) is 4.67.